The van der Waals surface area contributed by atoms with Gasteiger partial charge in [0.15, 0.2) is 0 Å². The highest BCUT2D eigenvalue weighted by molar-refractivity contribution is 4.85. The predicted octanol–water partition coefficient (Wildman–Crippen LogP) is 0.720. The zero-order valence-electron chi connectivity index (χ0n) is 5.80. The van der Waals surface area contributed by atoms with Crippen molar-refractivity contribution in [2.45, 2.75) is 6.92 Å². The summed E-state index contributed by atoms with van der Waals surface area (Å²) in [5.74, 6) is 0. The summed E-state index contributed by atoms with van der Waals surface area (Å²) in [6.07, 6.45) is 1.43. The van der Waals surface area contributed by atoms with Crippen molar-refractivity contribution in [3.63, 3.8) is 0 Å². The molecule has 54 valence electrons. The average Bonchev–Trinajstić information content (AvgIpc) is 1.89. The quantitative estimate of drug-likeness (QED) is 0.541. The Hall–Kier alpha value is -0.600. The Morgan fingerprint density at radius 3 is 1.78 bits per heavy atom. The molecule has 0 unspecified atom stereocenters. The van der Waals surface area contributed by atoms with Crippen LogP contribution in [0.25, 0.3) is 0 Å². The first kappa shape index (κ1) is 11.2. The van der Waals surface area contributed by atoms with Gasteiger partial charge in [0.25, 0.3) is 0 Å². The Morgan fingerprint density at radius 2 is 1.78 bits per heavy atom. The molecule has 0 aliphatic carbocycles. The molecule has 0 aliphatic heterocycles. The minimum Gasteiger partial charge on any atom is -0.392 e. The van der Waals surface area contributed by atoms with Crippen LogP contribution in [0.4, 0.5) is 0 Å². The van der Waals surface area contributed by atoms with Crippen molar-refractivity contribution in [1.82, 2.24) is 0 Å². The van der Waals surface area contributed by atoms with E-state index in [0.717, 1.165) is 5.57 Å². The predicted molar refractivity (Wildman–Crippen MR) is 39.2 cm³/mol. The molecular formula is C7H14O2. The second kappa shape index (κ2) is 10.4. The van der Waals surface area contributed by atoms with Crippen LogP contribution < -0.4 is 0 Å². The van der Waals surface area contributed by atoms with Gasteiger partial charge in [-0.1, -0.05) is 18.2 Å². The monoisotopic (exact) mass is 130 g/mol. The molecule has 0 saturated carbocycles. The number of hydrogen-bond donors (Lipinski definition) is 2. The number of aliphatic hydroxyl groups excluding tert-OH is 2. The minimum absolute atomic E-state index is 0.0833. The van der Waals surface area contributed by atoms with E-state index in [2.05, 4.69) is 13.2 Å². The molecule has 0 rings (SSSR count). The zero-order valence-corrected chi connectivity index (χ0v) is 5.80. The van der Waals surface area contributed by atoms with Crippen molar-refractivity contribution in [2.24, 2.45) is 0 Å². The summed E-state index contributed by atoms with van der Waals surface area (Å²) in [6.45, 7) is 8.62. The van der Waals surface area contributed by atoms with Gasteiger partial charge in [-0.15, -0.1) is 6.58 Å². The maximum Gasteiger partial charge on any atom is 0.0636 e. The molecule has 0 saturated heterocycles. The Morgan fingerprint density at radius 1 is 1.56 bits per heavy atom. The van der Waals surface area contributed by atoms with Gasteiger partial charge in [0.2, 0.25) is 0 Å². The van der Waals surface area contributed by atoms with Crippen LogP contribution in [0, 0.1) is 0 Å². The lowest BCUT2D eigenvalue weighted by molar-refractivity contribution is 0.332. The summed E-state index contributed by atoms with van der Waals surface area (Å²) in [6, 6.07) is 0. The molecule has 0 amide bonds. The fourth-order valence-electron chi connectivity index (χ4n) is 0. The maximum atomic E-state index is 8.04. The summed E-state index contributed by atoms with van der Waals surface area (Å²) in [5, 5.41) is 15.8. The number of rotatable bonds is 2. The van der Waals surface area contributed by atoms with Crippen LogP contribution in [-0.4, -0.2) is 23.4 Å². The van der Waals surface area contributed by atoms with E-state index in [-0.39, 0.29) is 13.2 Å². The number of hydrogen-bond acceptors (Lipinski definition) is 2. The minimum atomic E-state index is 0.0833. The van der Waals surface area contributed by atoms with Gasteiger partial charge >= 0.3 is 0 Å². The largest absolute Gasteiger partial charge is 0.392 e. The lowest BCUT2D eigenvalue weighted by Crippen LogP contribution is -1.76. The van der Waals surface area contributed by atoms with E-state index in [9.17, 15) is 0 Å². The lowest BCUT2D eigenvalue weighted by atomic mass is 10.4. The Labute approximate surface area is 56.1 Å². The third-order valence-electron chi connectivity index (χ3n) is 0.399. The van der Waals surface area contributed by atoms with Crippen molar-refractivity contribution < 1.29 is 10.2 Å². The SMILES string of the molecule is C=C(C)CO.C=CCO. The molecular weight excluding hydrogens is 116 g/mol. The van der Waals surface area contributed by atoms with E-state index in [1.54, 1.807) is 6.92 Å². The van der Waals surface area contributed by atoms with Gasteiger partial charge in [-0.25, -0.2) is 0 Å². The molecule has 0 aromatic rings. The van der Waals surface area contributed by atoms with Crippen LogP contribution in [0.5, 0.6) is 0 Å². The van der Waals surface area contributed by atoms with E-state index in [4.69, 9.17) is 10.2 Å². The van der Waals surface area contributed by atoms with Crippen LogP contribution in [0.15, 0.2) is 24.8 Å². The van der Waals surface area contributed by atoms with Crippen molar-refractivity contribution >= 4 is 0 Å². The summed E-state index contributed by atoms with van der Waals surface area (Å²) < 4.78 is 0. The van der Waals surface area contributed by atoms with Crippen molar-refractivity contribution in [3.05, 3.63) is 24.8 Å². The van der Waals surface area contributed by atoms with Crippen LogP contribution in [0.2, 0.25) is 0 Å². The highest BCUT2D eigenvalue weighted by Crippen LogP contribution is 1.76. The fraction of sp³-hybridized carbons (Fsp3) is 0.429. The van der Waals surface area contributed by atoms with Gasteiger partial charge in [0.1, 0.15) is 0 Å². The lowest BCUT2D eigenvalue weighted by Gasteiger charge is -1.79. The molecule has 0 aliphatic rings. The third-order valence-corrected chi connectivity index (χ3v) is 0.399. The van der Waals surface area contributed by atoms with Crippen molar-refractivity contribution in [2.75, 3.05) is 13.2 Å². The molecule has 2 nitrogen and oxygen atoms in total. The molecule has 0 aromatic carbocycles. The molecule has 0 atom stereocenters. The molecule has 0 spiro atoms. The van der Waals surface area contributed by atoms with Gasteiger partial charge in [0.05, 0.1) is 13.2 Å². The molecule has 9 heavy (non-hydrogen) atoms. The summed E-state index contributed by atoms with van der Waals surface area (Å²) in [7, 11) is 0. The fourth-order valence-corrected chi connectivity index (χ4v) is 0. The first-order valence-electron chi connectivity index (χ1n) is 2.66. The zero-order chi connectivity index (χ0) is 7.70. The normalized spacial score (nSPS) is 7.00. The Bertz CT molecular complexity index is 77.0. The van der Waals surface area contributed by atoms with Gasteiger partial charge in [-0.2, -0.15) is 0 Å². The second-order valence-corrected chi connectivity index (χ2v) is 1.59. The molecule has 0 bridgehead atoms. The van der Waals surface area contributed by atoms with Crippen molar-refractivity contribution in [1.29, 1.82) is 0 Å². The van der Waals surface area contributed by atoms with Crippen LogP contribution >= 0.6 is 0 Å². The highest BCUT2D eigenvalue weighted by Gasteiger charge is 1.69. The Balaban J connectivity index is 0. The summed E-state index contributed by atoms with van der Waals surface area (Å²) in [5.41, 5.74) is 0.810. The molecule has 0 radical (unpaired) electrons. The van der Waals surface area contributed by atoms with Crippen LogP contribution in [-0.2, 0) is 0 Å². The summed E-state index contributed by atoms with van der Waals surface area (Å²) >= 11 is 0. The Kier molecular flexibility index (Phi) is 13.0. The smallest absolute Gasteiger partial charge is 0.0636 e. The second-order valence-electron chi connectivity index (χ2n) is 1.59. The highest BCUT2D eigenvalue weighted by atomic mass is 16.3. The average molecular weight is 130 g/mol. The van der Waals surface area contributed by atoms with E-state index >= 15 is 0 Å². The molecule has 0 aromatic heterocycles. The third kappa shape index (κ3) is 37.5. The van der Waals surface area contributed by atoms with Crippen molar-refractivity contribution in [3.8, 4) is 0 Å². The molecule has 0 fully saturated rings. The number of aliphatic hydroxyl groups is 2. The molecule has 2 heteroatoms. The van der Waals surface area contributed by atoms with E-state index in [1.807, 2.05) is 0 Å². The van der Waals surface area contributed by atoms with Gasteiger partial charge in [0, 0.05) is 0 Å². The van der Waals surface area contributed by atoms with Crippen LogP contribution in [0.3, 0.4) is 0 Å². The summed E-state index contributed by atoms with van der Waals surface area (Å²) in [4.78, 5) is 0. The maximum absolute atomic E-state index is 8.04. The standard InChI is InChI=1S/C4H8O.C3H6O/c1-4(2)3-5;1-2-3-4/h5H,1,3H2,2H3;2,4H,1,3H2. The van der Waals surface area contributed by atoms with Gasteiger partial charge in [-0.05, 0) is 6.92 Å². The first-order chi connectivity index (χ1) is 4.18. The van der Waals surface area contributed by atoms with Gasteiger partial charge in [-0.3, -0.25) is 0 Å². The van der Waals surface area contributed by atoms with Crippen LogP contribution in [0.1, 0.15) is 6.92 Å². The van der Waals surface area contributed by atoms with E-state index in [0.29, 0.717) is 0 Å². The van der Waals surface area contributed by atoms with Gasteiger partial charge < -0.3 is 10.2 Å². The first-order valence-corrected chi connectivity index (χ1v) is 2.66. The van der Waals surface area contributed by atoms with E-state index in [1.165, 1.54) is 6.08 Å². The van der Waals surface area contributed by atoms with E-state index < -0.39 is 0 Å². The topological polar surface area (TPSA) is 40.5 Å². The molecule has 0 heterocycles. The molecule has 2 N–H and O–H groups in total.